The largest absolute Gasteiger partial charge is 0.485 e. The maximum atomic E-state index is 12.7. The molecule has 0 saturated heterocycles. The minimum absolute atomic E-state index is 0.0283. The van der Waals surface area contributed by atoms with Crippen LogP contribution in [-0.4, -0.2) is 18.6 Å². The molecule has 1 heterocycles. The normalized spacial score (nSPS) is 17.4. The van der Waals surface area contributed by atoms with Crippen molar-refractivity contribution in [2.75, 3.05) is 6.61 Å². The third kappa shape index (κ3) is 3.88. The molecule has 0 spiro atoms. The zero-order valence-corrected chi connectivity index (χ0v) is 14.1. The Labute approximate surface area is 142 Å². The summed E-state index contributed by atoms with van der Waals surface area (Å²) in [5.41, 5.74) is 1.11. The van der Waals surface area contributed by atoms with E-state index in [0.717, 1.165) is 12.0 Å². The van der Waals surface area contributed by atoms with Crippen molar-refractivity contribution in [3.05, 3.63) is 60.2 Å². The standard InChI is InChI=1S/C20H23NO3/c1-14(2)12-16(15-8-4-3-5-9-15)21-20(22)19-13-23-17-10-6-7-11-18(17)24-19/h3-11,14,16,19H,12-13H2,1-2H3,(H,21,22)/t16-,19-/m1/s1. The first-order chi connectivity index (χ1) is 11.6. The highest BCUT2D eigenvalue weighted by molar-refractivity contribution is 5.82. The fourth-order valence-electron chi connectivity index (χ4n) is 2.85. The van der Waals surface area contributed by atoms with Crippen LogP contribution in [0.5, 0.6) is 11.5 Å². The van der Waals surface area contributed by atoms with Gasteiger partial charge in [-0.25, -0.2) is 0 Å². The maximum absolute atomic E-state index is 12.7. The van der Waals surface area contributed by atoms with Gasteiger partial charge in [-0.15, -0.1) is 0 Å². The lowest BCUT2D eigenvalue weighted by molar-refractivity contribution is -0.131. The van der Waals surface area contributed by atoms with Gasteiger partial charge >= 0.3 is 0 Å². The number of amides is 1. The first kappa shape index (κ1) is 16.4. The smallest absolute Gasteiger partial charge is 0.265 e. The van der Waals surface area contributed by atoms with Gasteiger partial charge in [0.2, 0.25) is 6.10 Å². The van der Waals surface area contributed by atoms with E-state index in [1.165, 1.54) is 0 Å². The lowest BCUT2D eigenvalue weighted by Gasteiger charge is -2.28. The van der Waals surface area contributed by atoms with Crippen molar-refractivity contribution in [1.29, 1.82) is 0 Å². The number of hydrogen-bond donors (Lipinski definition) is 1. The molecule has 1 amide bonds. The summed E-state index contributed by atoms with van der Waals surface area (Å²) >= 11 is 0. The topological polar surface area (TPSA) is 47.6 Å². The van der Waals surface area contributed by atoms with Crippen LogP contribution in [0.4, 0.5) is 0 Å². The zero-order valence-electron chi connectivity index (χ0n) is 14.1. The number of para-hydroxylation sites is 2. The van der Waals surface area contributed by atoms with Gasteiger partial charge in [0.1, 0.15) is 6.61 Å². The molecule has 0 bridgehead atoms. The van der Waals surface area contributed by atoms with Crippen LogP contribution >= 0.6 is 0 Å². The van der Waals surface area contributed by atoms with Gasteiger partial charge < -0.3 is 14.8 Å². The SMILES string of the molecule is CC(C)C[C@@H](NC(=O)[C@H]1COc2ccccc2O1)c1ccccc1. The Morgan fingerprint density at radius 2 is 1.75 bits per heavy atom. The number of nitrogens with one attached hydrogen (secondary N) is 1. The van der Waals surface area contributed by atoms with E-state index < -0.39 is 6.10 Å². The molecule has 0 unspecified atom stereocenters. The molecule has 2 atom stereocenters. The third-order valence-electron chi connectivity index (χ3n) is 4.03. The molecule has 24 heavy (non-hydrogen) atoms. The first-order valence-corrected chi connectivity index (χ1v) is 8.37. The van der Waals surface area contributed by atoms with Crippen molar-refractivity contribution >= 4 is 5.91 Å². The summed E-state index contributed by atoms with van der Waals surface area (Å²) in [5.74, 6) is 1.63. The second-order valence-electron chi connectivity index (χ2n) is 6.47. The molecule has 0 aromatic heterocycles. The van der Waals surface area contributed by atoms with Crippen LogP contribution in [0.3, 0.4) is 0 Å². The predicted octanol–water partition coefficient (Wildman–Crippen LogP) is 3.73. The average molecular weight is 325 g/mol. The van der Waals surface area contributed by atoms with Gasteiger partial charge in [0.05, 0.1) is 6.04 Å². The minimum Gasteiger partial charge on any atom is -0.485 e. The number of benzene rings is 2. The Kier molecular flexibility index (Phi) is 5.04. The molecule has 0 fully saturated rings. The van der Waals surface area contributed by atoms with Crippen molar-refractivity contribution in [2.24, 2.45) is 5.92 Å². The number of ether oxygens (including phenoxy) is 2. The average Bonchev–Trinajstić information content (AvgIpc) is 2.61. The third-order valence-corrected chi connectivity index (χ3v) is 4.03. The second kappa shape index (κ2) is 7.39. The van der Waals surface area contributed by atoms with Gasteiger partial charge in [0, 0.05) is 0 Å². The first-order valence-electron chi connectivity index (χ1n) is 8.37. The Hall–Kier alpha value is -2.49. The zero-order chi connectivity index (χ0) is 16.9. The predicted molar refractivity (Wildman–Crippen MR) is 93.1 cm³/mol. The van der Waals surface area contributed by atoms with Gasteiger partial charge in [-0.2, -0.15) is 0 Å². The molecule has 1 aliphatic heterocycles. The van der Waals surface area contributed by atoms with Crippen LogP contribution < -0.4 is 14.8 Å². The molecule has 126 valence electrons. The Morgan fingerprint density at radius 1 is 1.08 bits per heavy atom. The van der Waals surface area contributed by atoms with E-state index in [0.29, 0.717) is 17.4 Å². The summed E-state index contributed by atoms with van der Waals surface area (Å²) in [6.45, 7) is 4.53. The summed E-state index contributed by atoms with van der Waals surface area (Å²) < 4.78 is 11.4. The van der Waals surface area contributed by atoms with Crippen LogP contribution in [0.2, 0.25) is 0 Å². The fraction of sp³-hybridized carbons (Fsp3) is 0.350. The molecule has 4 heteroatoms. The van der Waals surface area contributed by atoms with Crippen molar-refractivity contribution in [2.45, 2.75) is 32.4 Å². The molecule has 0 aliphatic carbocycles. The number of fused-ring (bicyclic) bond motifs is 1. The molecule has 4 nitrogen and oxygen atoms in total. The highest BCUT2D eigenvalue weighted by Crippen LogP contribution is 2.31. The van der Waals surface area contributed by atoms with Gasteiger partial charge in [-0.3, -0.25) is 4.79 Å². The van der Waals surface area contributed by atoms with Crippen LogP contribution in [0, 0.1) is 5.92 Å². The van der Waals surface area contributed by atoms with E-state index >= 15 is 0 Å². The fourth-order valence-corrected chi connectivity index (χ4v) is 2.85. The monoisotopic (exact) mass is 325 g/mol. The maximum Gasteiger partial charge on any atom is 0.265 e. The van der Waals surface area contributed by atoms with E-state index in [-0.39, 0.29) is 18.6 Å². The number of hydrogen-bond acceptors (Lipinski definition) is 3. The van der Waals surface area contributed by atoms with Crippen molar-refractivity contribution < 1.29 is 14.3 Å². The molecule has 0 saturated carbocycles. The van der Waals surface area contributed by atoms with E-state index in [4.69, 9.17) is 9.47 Å². The van der Waals surface area contributed by atoms with Crippen LogP contribution in [0.1, 0.15) is 31.9 Å². The van der Waals surface area contributed by atoms with Crippen molar-refractivity contribution in [3.8, 4) is 11.5 Å². The molecular weight excluding hydrogens is 302 g/mol. The van der Waals surface area contributed by atoms with Crippen LogP contribution in [0.25, 0.3) is 0 Å². The Morgan fingerprint density at radius 3 is 2.46 bits per heavy atom. The van der Waals surface area contributed by atoms with Gasteiger partial charge in [-0.05, 0) is 30.0 Å². The number of carbonyl (C=O) groups excluding carboxylic acids is 1. The minimum atomic E-state index is -0.627. The summed E-state index contributed by atoms with van der Waals surface area (Å²) in [6.07, 6.45) is 0.248. The van der Waals surface area contributed by atoms with Crippen LogP contribution in [-0.2, 0) is 4.79 Å². The van der Waals surface area contributed by atoms with E-state index in [1.54, 1.807) is 0 Å². The van der Waals surface area contributed by atoms with Crippen molar-refractivity contribution in [3.63, 3.8) is 0 Å². The number of rotatable bonds is 5. The van der Waals surface area contributed by atoms with Crippen LogP contribution in [0.15, 0.2) is 54.6 Å². The quantitative estimate of drug-likeness (QED) is 0.911. The molecule has 2 aromatic rings. The summed E-state index contributed by atoms with van der Waals surface area (Å²) in [6, 6.07) is 17.4. The summed E-state index contributed by atoms with van der Waals surface area (Å²) in [5, 5.41) is 3.12. The van der Waals surface area contributed by atoms with Crippen molar-refractivity contribution in [1.82, 2.24) is 5.32 Å². The van der Waals surface area contributed by atoms with Gasteiger partial charge in [0.15, 0.2) is 11.5 Å². The number of carbonyl (C=O) groups is 1. The molecule has 1 aliphatic rings. The van der Waals surface area contributed by atoms with E-state index in [1.807, 2.05) is 54.6 Å². The molecule has 3 rings (SSSR count). The summed E-state index contributed by atoms with van der Waals surface area (Å²) in [4.78, 5) is 12.7. The molecule has 0 radical (unpaired) electrons. The summed E-state index contributed by atoms with van der Waals surface area (Å²) in [7, 11) is 0. The molecule has 1 N–H and O–H groups in total. The van der Waals surface area contributed by atoms with Gasteiger partial charge in [0.25, 0.3) is 5.91 Å². The Balaban J connectivity index is 1.70. The molecular formula is C20H23NO3. The Bertz CT molecular complexity index is 684. The van der Waals surface area contributed by atoms with E-state index in [2.05, 4.69) is 19.2 Å². The lowest BCUT2D eigenvalue weighted by Crippen LogP contribution is -2.45. The molecule has 2 aromatic carbocycles. The van der Waals surface area contributed by atoms with Gasteiger partial charge in [-0.1, -0.05) is 56.3 Å². The van der Waals surface area contributed by atoms with E-state index in [9.17, 15) is 4.79 Å². The lowest BCUT2D eigenvalue weighted by atomic mass is 9.97. The highest BCUT2D eigenvalue weighted by Gasteiger charge is 2.29. The second-order valence-corrected chi connectivity index (χ2v) is 6.47. The highest BCUT2D eigenvalue weighted by atomic mass is 16.6.